The molecule has 0 bridgehead atoms. The number of nitrogens with zero attached hydrogens (tertiary/aromatic N) is 4. The Bertz CT molecular complexity index is 898. The minimum Gasteiger partial charge on any atom is -0.504 e. The van der Waals surface area contributed by atoms with Crippen LogP contribution >= 0.6 is 0 Å². The molecule has 2 heterocycles. The second kappa shape index (κ2) is 6.23. The third-order valence-electron chi connectivity index (χ3n) is 3.97. The van der Waals surface area contributed by atoms with Crippen molar-refractivity contribution >= 4 is 16.9 Å². The molecule has 3 rings (SSSR count). The second-order valence-electron chi connectivity index (χ2n) is 7.26. The van der Waals surface area contributed by atoms with E-state index in [0.29, 0.717) is 6.42 Å². The summed E-state index contributed by atoms with van der Waals surface area (Å²) in [5, 5.41) is 27.7. The molecule has 132 valence electrons. The van der Waals surface area contributed by atoms with Gasteiger partial charge in [-0.25, -0.2) is 14.6 Å². The molecule has 3 aromatic rings. The standard InChI is InChI=1S/C18H23N5O2/c1-11(7-12-5-6-14(24)15(25)8-12)22-16-13-9-21-23(18(2,3)4)17(13)20-10-19-16/h5-6,8-11,24-25H,7H2,1-4H3,(H,19,20,22). The first-order chi connectivity index (χ1) is 11.8. The van der Waals surface area contributed by atoms with Crippen molar-refractivity contribution in [1.29, 1.82) is 0 Å². The predicted molar refractivity (Wildman–Crippen MR) is 96.9 cm³/mol. The third kappa shape index (κ3) is 3.50. The van der Waals surface area contributed by atoms with Crippen LogP contribution in [0.3, 0.4) is 0 Å². The smallest absolute Gasteiger partial charge is 0.163 e. The van der Waals surface area contributed by atoms with Crippen molar-refractivity contribution in [2.75, 3.05) is 5.32 Å². The summed E-state index contributed by atoms with van der Waals surface area (Å²) >= 11 is 0. The van der Waals surface area contributed by atoms with E-state index in [1.54, 1.807) is 18.3 Å². The Hall–Kier alpha value is -2.83. The summed E-state index contributed by atoms with van der Waals surface area (Å²) in [4.78, 5) is 8.72. The molecular weight excluding hydrogens is 318 g/mol. The molecule has 0 fully saturated rings. The van der Waals surface area contributed by atoms with Crippen molar-refractivity contribution in [3.8, 4) is 11.5 Å². The Balaban J connectivity index is 1.82. The van der Waals surface area contributed by atoms with Crippen LogP contribution in [0.25, 0.3) is 11.0 Å². The topological polar surface area (TPSA) is 96.1 Å². The van der Waals surface area contributed by atoms with Crippen LogP contribution in [0.4, 0.5) is 5.82 Å². The van der Waals surface area contributed by atoms with Gasteiger partial charge in [-0.1, -0.05) is 6.07 Å². The molecule has 3 N–H and O–H groups in total. The number of phenolic OH excluding ortho intramolecular Hbond substituents is 2. The van der Waals surface area contributed by atoms with Gasteiger partial charge in [0.2, 0.25) is 0 Å². The number of hydrogen-bond acceptors (Lipinski definition) is 6. The minimum absolute atomic E-state index is 0.0695. The van der Waals surface area contributed by atoms with E-state index in [4.69, 9.17) is 0 Å². The summed E-state index contributed by atoms with van der Waals surface area (Å²) < 4.78 is 1.89. The molecule has 0 radical (unpaired) electrons. The lowest BCUT2D eigenvalue weighted by atomic mass is 10.1. The number of phenols is 2. The lowest BCUT2D eigenvalue weighted by molar-refractivity contribution is 0.366. The van der Waals surface area contributed by atoms with Crippen LogP contribution in [0.2, 0.25) is 0 Å². The van der Waals surface area contributed by atoms with Crippen LogP contribution in [0.15, 0.2) is 30.7 Å². The summed E-state index contributed by atoms with van der Waals surface area (Å²) in [7, 11) is 0. The van der Waals surface area contributed by atoms with E-state index < -0.39 is 0 Å². The second-order valence-corrected chi connectivity index (χ2v) is 7.26. The molecular formula is C18H23N5O2. The van der Waals surface area contributed by atoms with Gasteiger partial charge in [-0.2, -0.15) is 5.10 Å². The number of rotatable bonds is 4. The highest BCUT2D eigenvalue weighted by Crippen LogP contribution is 2.27. The van der Waals surface area contributed by atoms with Crippen LogP contribution in [-0.2, 0) is 12.0 Å². The first-order valence-electron chi connectivity index (χ1n) is 8.22. The Morgan fingerprint density at radius 2 is 1.92 bits per heavy atom. The Kier molecular flexibility index (Phi) is 4.24. The maximum Gasteiger partial charge on any atom is 0.163 e. The molecule has 0 saturated carbocycles. The molecule has 1 atom stereocenters. The van der Waals surface area contributed by atoms with Gasteiger partial charge in [-0.15, -0.1) is 0 Å². The van der Waals surface area contributed by atoms with Gasteiger partial charge in [-0.3, -0.25) is 0 Å². The van der Waals surface area contributed by atoms with E-state index in [1.807, 2.05) is 11.6 Å². The molecule has 0 aliphatic heterocycles. The van der Waals surface area contributed by atoms with Crippen molar-refractivity contribution in [2.24, 2.45) is 0 Å². The van der Waals surface area contributed by atoms with Crippen molar-refractivity contribution < 1.29 is 10.2 Å². The molecule has 0 saturated heterocycles. The van der Waals surface area contributed by atoms with Crippen LogP contribution in [0.5, 0.6) is 11.5 Å². The average molecular weight is 341 g/mol. The molecule has 1 unspecified atom stereocenters. The van der Waals surface area contributed by atoms with E-state index >= 15 is 0 Å². The van der Waals surface area contributed by atoms with Gasteiger partial charge in [0.05, 0.1) is 17.1 Å². The number of hydrogen-bond donors (Lipinski definition) is 3. The van der Waals surface area contributed by atoms with Crippen molar-refractivity contribution in [3.05, 3.63) is 36.3 Å². The Morgan fingerprint density at radius 3 is 2.60 bits per heavy atom. The first kappa shape index (κ1) is 17.0. The quantitative estimate of drug-likeness (QED) is 0.631. The Morgan fingerprint density at radius 1 is 1.16 bits per heavy atom. The first-order valence-corrected chi connectivity index (χ1v) is 8.22. The summed E-state index contributed by atoms with van der Waals surface area (Å²) in [6.45, 7) is 8.27. The van der Waals surface area contributed by atoms with E-state index in [9.17, 15) is 10.2 Å². The van der Waals surface area contributed by atoms with Gasteiger partial charge in [0.1, 0.15) is 12.1 Å². The minimum atomic E-state index is -0.164. The number of benzene rings is 1. The van der Waals surface area contributed by atoms with Gasteiger partial charge < -0.3 is 15.5 Å². The number of aromatic hydroxyl groups is 2. The highest BCUT2D eigenvalue weighted by molar-refractivity contribution is 5.86. The Labute approximate surface area is 146 Å². The fourth-order valence-electron chi connectivity index (χ4n) is 2.78. The molecule has 0 aliphatic carbocycles. The molecule has 25 heavy (non-hydrogen) atoms. The maximum atomic E-state index is 9.62. The lowest BCUT2D eigenvalue weighted by Crippen LogP contribution is -2.23. The molecule has 0 aliphatic rings. The monoisotopic (exact) mass is 341 g/mol. The maximum absolute atomic E-state index is 9.62. The van der Waals surface area contributed by atoms with Gasteiger partial charge in [0, 0.05) is 6.04 Å². The average Bonchev–Trinajstić information content (AvgIpc) is 2.96. The van der Waals surface area contributed by atoms with Gasteiger partial charge >= 0.3 is 0 Å². The summed E-state index contributed by atoms with van der Waals surface area (Å²) in [6.07, 6.45) is 3.99. The SMILES string of the molecule is CC(Cc1ccc(O)c(O)c1)Nc1ncnc2c1cnn2C(C)(C)C. The molecule has 7 heteroatoms. The van der Waals surface area contributed by atoms with Crippen LogP contribution in [0.1, 0.15) is 33.3 Å². The normalized spacial score (nSPS) is 13.1. The zero-order chi connectivity index (χ0) is 18.2. The number of aromatic nitrogens is 4. The van der Waals surface area contributed by atoms with E-state index in [-0.39, 0.29) is 23.1 Å². The lowest BCUT2D eigenvalue weighted by Gasteiger charge is -2.20. The molecule has 1 aromatic carbocycles. The van der Waals surface area contributed by atoms with E-state index in [0.717, 1.165) is 22.4 Å². The van der Waals surface area contributed by atoms with Gasteiger partial charge in [0.15, 0.2) is 17.1 Å². The van der Waals surface area contributed by atoms with E-state index in [1.165, 1.54) is 12.4 Å². The number of fused-ring (bicyclic) bond motifs is 1. The largest absolute Gasteiger partial charge is 0.504 e. The molecule has 0 amide bonds. The zero-order valence-electron chi connectivity index (χ0n) is 14.9. The fourth-order valence-corrected chi connectivity index (χ4v) is 2.78. The van der Waals surface area contributed by atoms with Crippen LogP contribution in [0, 0.1) is 0 Å². The highest BCUT2D eigenvalue weighted by Gasteiger charge is 2.20. The van der Waals surface area contributed by atoms with Crippen molar-refractivity contribution in [1.82, 2.24) is 19.7 Å². The van der Waals surface area contributed by atoms with E-state index in [2.05, 4.69) is 41.2 Å². The third-order valence-corrected chi connectivity index (χ3v) is 3.97. The zero-order valence-corrected chi connectivity index (χ0v) is 14.9. The molecule has 7 nitrogen and oxygen atoms in total. The van der Waals surface area contributed by atoms with Crippen molar-refractivity contribution in [3.63, 3.8) is 0 Å². The highest BCUT2D eigenvalue weighted by atomic mass is 16.3. The number of anilines is 1. The fraction of sp³-hybridized carbons (Fsp3) is 0.389. The molecule has 0 spiro atoms. The van der Waals surface area contributed by atoms with Crippen LogP contribution in [-0.4, -0.2) is 36.0 Å². The number of nitrogens with one attached hydrogen (secondary N) is 1. The summed E-state index contributed by atoms with van der Waals surface area (Å²) in [5.74, 6) is 0.507. The van der Waals surface area contributed by atoms with Crippen LogP contribution < -0.4 is 5.32 Å². The van der Waals surface area contributed by atoms with Gasteiger partial charge in [-0.05, 0) is 51.8 Å². The van der Waals surface area contributed by atoms with Gasteiger partial charge in [0.25, 0.3) is 0 Å². The predicted octanol–water partition coefficient (Wildman–Crippen LogP) is 3.04. The summed E-state index contributed by atoms with van der Waals surface area (Å²) in [6, 6.07) is 4.93. The summed E-state index contributed by atoms with van der Waals surface area (Å²) in [5.41, 5.74) is 1.55. The van der Waals surface area contributed by atoms with Crippen molar-refractivity contribution in [2.45, 2.75) is 45.7 Å². The molecule has 2 aromatic heterocycles.